The average molecular weight is 480 g/mol. The van der Waals surface area contributed by atoms with Crippen LogP contribution in [-0.2, 0) is 52.7 Å². The molecule has 0 aliphatic rings. The second-order valence-electron chi connectivity index (χ2n) is 0. The van der Waals surface area contributed by atoms with Gasteiger partial charge in [-0.3, -0.25) is 0 Å². The minimum Gasteiger partial charge on any atom is 0 e. The molecule has 1 radical (unpaired) electrons. The first-order chi connectivity index (χ1) is 0. The summed E-state index contributed by atoms with van der Waals surface area (Å²) in [4.78, 5) is 0. The van der Waals surface area contributed by atoms with Crippen molar-refractivity contribution in [1.29, 1.82) is 0 Å². The maximum absolute atomic E-state index is 0. The fourth-order valence-corrected chi connectivity index (χ4v) is 0. The Kier molecular flexibility index (Phi) is 272. The van der Waals surface area contributed by atoms with Crippen molar-refractivity contribution < 1.29 is 52.7 Å². The summed E-state index contributed by atoms with van der Waals surface area (Å²) >= 11 is 0. The van der Waals surface area contributed by atoms with Crippen molar-refractivity contribution in [2.24, 2.45) is 0 Å². The molecule has 0 atom stereocenters. The summed E-state index contributed by atoms with van der Waals surface area (Å²) in [5.41, 5.74) is 0. The Morgan fingerprint density at radius 3 is 1.00 bits per heavy atom. The van der Waals surface area contributed by atoms with E-state index >= 15 is 0 Å². The fraction of sp³-hybridized carbons (Fsp3) is 0. The van der Waals surface area contributed by atoms with Gasteiger partial charge in [0.15, 0.2) is 0 Å². The van der Waals surface area contributed by atoms with Crippen LogP contribution in [0.2, 0.25) is 0 Å². The van der Waals surface area contributed by atoms with E-state index in [1.165, 1.54) is 0 Å². The molecule has 0 bridgehead atoms. The quantitative estimate of drug-likeness (QED) is 0.314. The van der Waals surface area contributed by atoms with Gasteiger partial charge in [-0.15, -0.1) is 0 Å². The van der Waals surface area contributed by atoms with Crippen LogP contribution in [-0.4, -0.2) is 155 Å². The SMILES string of the molecule is [BaH2].[CaH2].[Co].[MgH2].[Ni].[SrH2].[Zn]. The van der Waals surface area contributed by atoms with Crippen molar-refractivity contribution in [3.05, 3.63) is 0 Å². The number of hydrogen-bond acceptors (Lipinski definition) is 0. The summed E-state index contributed by atoms with van der Waals surface area (Å²) in [6.07, 6.45) is 0. The molecular formula is H8BaCaCoMgNiSrZn. The molecule has 0 aliphatic heterocycles. The van der Waals surface area contributed by atoms with E-state index < -0.39 is 0 Å². The van der Waals surface area contributed by atoms with Crippen LogP contribution in [0.3, 0.4) is 0 Å². The van der Waals surface area contributed by atoms with Crippen LogP contribution in [0.1, 0.15) is 0 Å². The van der Waals surface area contributed by atoms with E-state index in [9.17, 15) is 0 Å². The normalized spacial score (nSPS) is 0. The summed E-state index contributed by atoms with van der Waals surface area (Å²) < 4.78 is 0. The standard InChI is InChI=1S/Ba.Ca.Co.Mg.Ni.Sr.Zn.8H. The van der Waals surface area contributed by atoms with Crippen molar-refractivity contribution in [1.82, 2.24) is 0 Å². The Bertz CT molecular complexity index is 19.7. The van der Waals surface area contributed by atoms with Gasteiger partial charge in [0.05, 0.1) is 0 Å². The molecule has 0 aliphatic carbocycles. The maximum Gasteiger partial charge on any atom is 0 e. The van der Waals surface area contributed by atoms with E-state index in [0.717, 1.165) is 0 Å². The topological polar surface area (TPSA) is 0 Å². The van der Waals surface area contributed by atoms with E-state index in [0.29, 0.717) is 0 Å². The molecule has 0 aromatic rings. The van der Waals surface area contributed by atoms with Gasteiger partial charge in [0.25, 0.3) is 0 Å². The Morgan fingerprint density at radius 2 is 1.00 bits per heavy atom. The van der Waals surface area contributed by atoms with E-state index in [-0.39, 0.29) is 208 Å². The third kappa shape index (κ3) is 32.4. The maximum atomic E-state index is 0. The van der Waals surface area contributed by atoms with Gasteiger partial charge in [-0.1, -0.05) is 0 Å². The van der Waals surface area contributed by atoms with Crippen LogP contribution in [0.15, 0.2) is 0 Å². The van der Waals surface area contributed by atoms with Gasteiger partial charge >= 0.3 is 155 Å². The average Bonchev–Trinajstić information content (AvgIpc) is 0. The summed E-state index contributed by atoms with van der Waals surface area (Å²) in [7, 11) is 0. The fourth-order valence-electron chi connectivity index (χ4n) is 0. The van der Waals surface area contributed by atoms with Gasteiger partial charge in [-0.05, 0) is 0 Å². The molecule has 0 unspecified atom stereocenters. The zero-order chi connectivity index (χ0) is 0. The Hall–Kier alpha value is 6.70. The third-order valence-electron chi connectivity index (χ3n) is 0. The van der Waals surface area contributed by atoms with E-state index in [4.69, 9.17) is 0 Å². The molecule has 0 N–H and O–H groups in total. The first-order valence-electron chi connectivity index (χ1n) is 0. The van der Waals surface area contributed by atoms with Crippen LogP contribution in [0.5, 0.6) is 0 Å². The third-order valence-corrected chi connectivity index (χ3v) is 0. The molecule has 0 aromatic heterocycles. The summed E-state index contributed by atoms with van der Waals surface area (Å²) in [5, 5.41) is 0. The Morgan fingerprint density at radius 1 is 1.00 bits per heavy atom. The predicted octanol–water partition coefficient (Wildman–Crippen LogP) is -3.67. The summed E-state index contributed by atoms with van der Waals surface area (Å²) in [5.74, 6) is 0. The molecule has 0 fully saturated rings. The number of rotatable bonds is 0. The van der Waals surface area contributed by atoms with Gasteiger partial charge in [0.2, 0.25) is 0 Å². The smallest absolute Gasteiger partial charge is 0 e. The minimum absolute atomic E-state index is 0. The van der Waals surface area contributed by atoms with Crippen molar-refractivity contribution in [3.8, 4) is 0 Å². The molecule has 0 amide bonds. The summed E-state index contributed by atoms with van der Waals surface area (Å²) in [6, 6.07) is 0. The van der Waals surface area contributed by atoms with Crippen molar-refractivity contribution in [3.63, 3.8) is 0 Å². The zero-order valence-electron chi connectivity index (χ0n) is 1.36. The first-order valence-corrected chi connectivity index (χ1v) is 0. The van der Waals surface area contributed by atoms with Crippen LogP contribution >= 0.6 is 0 Å². The van der Waals surface area contributed by atoms with Gasteiger partial charge in [-0.25, -0.2) is 0 Å². The van der Waals surface area contributed by atoms with Gasteiger partial charge < -0.3 is 0 Å². The van der Waals surface area contributed by atoms with Crippen LogP contribution in [0.4, 0.5) is 0 Å². The van der Waals surface area contributed by atoms with Gasteiger partial charge in [0, 0.05) is 52.7 Å². The largest absolute Gasteiger partial charge is 0 e. The van der Waals surface area contributed by atoms with E-state index in [1.54, 1.807) is 0 Å². The molecule has 0 spiro atoms. The van der Waals surface area contributed by atoms with E-state index in [1.807, 2.05) is 0 Å². The van der Waals surface area contributed by atoms with E-state index in [2.05, 4.69) is 0 Å². The van der Waals surface area contributed by atoms with Crippen molar-refractivity contribution >= 4 is 155 Å². The number of hydrogen-bond donors (Lipinski definition) is 0. The Labute approximate surface area is 201 Å². The van der Waals surface area contributed by atoms with Crippen LogP contribution in [0, 0.1) is 0 Å². The molecule has 0 saturated heterocycles. The molecule has 0 aromatic carbocycles. The molecular weight excluding hydrogens is 472 g/mol. The zero-order valence-corrected chi connectivity index (χ0v) is 6.35. The van der Waals surface area contributed by atoms with Crippen molar-refractivity contribution in [2.45, 2.75) is 0 Å². The Balaban J connectivity index is 0. The van der Waals surface area contributed by atoms with Crippen LogP contribution < -0.4 is 0 Å². The second kappa shape index (κ2) is 38.7. The van der Waals surface area contributed by atoms with Gasteiger partial charge in [0.1, 0.15) is 0 Å². The van der Waals surface area contributed by atoms with Crippen LogP contribution in [0.25, 0.3) is 0 Å². The molecule has 0 saturated carbocycles. The monoisotopic (exact) mass is 479 g/mol. The minimum atomic E-state index is 0. The van der Waals surface area contributed by atoms with Crippen molar-refractivity contribution in [2.75, 3.05) is 0 Å². The van der Waals surface area contributed by atoms with Gasteiger partial charge in [-0.2, -0.15) is 0 Å². The molecule has 37 valence electrons. The molecule has 0 heterocycles. The molecule has 7 heavy (non-hydrogen) atoms. The summed E-state index contributed by atoms with van der Waals surface area (Å²) in [6.45, 7) is 0. The molecule has 7 heteroatoms. The second-order valence-corrected chi connectivity index (χ2v) is 0. The first kappa shape index (κ1) is 49.2. The molecule has 0 rings (SSSR count). The molecule has 0 nitrogen and oxygen atoms in total. The predicted molar refractivity (Wildman–Crippen MR) is 34.2 cm³/mol.